The maximum atomic E-state index is 13.9. The minimum atomic E-state index is -0.446. The number of hydrogen-bond acceptors (Lipinski definition) is 1. The first-order valence-electron chi connectivity index (χ1n) is 7.64. The van der Waals surface area contributed by atoms with Crippen LogP contribution in [-0.2, 0) is 0 Å². The summed E-state index contributed by atoms with van der Waals surface area (Å²) in [5.74, 6) is -0.446. The number of nitrogens with one attached hydrogen (secondary N) is 1. The van der Waals surface area contributed by atoms with Gasteiger partial charge in [-0.3, -0.25) is 0 Å². The third-order valence-electron chi connectivity index (χ3n) is 4.15. The van der Waals surface area contributed by atoms with E-state index in [0.29, 0.717) is 11.0 Å². The second-order valence-corrected chi connectivity index (χ2v) is 6.73. The average Bonchev–Trinajstić information content (AvgIpc) is 3.00. The highest BCUT2D eigenvalue weighted by molar-refractivity contribution is 9.10. The van der Waals surface area contributed by atoms with Crippen LogP contribution in [0.4, 0.5) is 14.9 Å². The number of carbonyl (C=O) groups excluding carboxylic acids is 1. The molecule has 0 bridgehead atoms. The highest BCUT2D eigenvalue weighted by atomic mass is 79.9. The van der Waals surface area contributed by atoms with Crippen LogP contribution in [0.2, 0.25) is 0 Å². The Balaban J connectivity index is 1.76. The molecule has 0 aromatic heterocycles. The standard InChI is InChI=1S/C18H18BrFN2O/c1-12-4-6-13(7-5-12)17-3-2-10-22(17)18(23)21-16-9-8-14(19)11-15(16)20/h4-9,11,17H,2-3,10H2,1H3,(H,21,23). The van der Waals surface area contributed by atoms with Crippen molar-refractivity contribution in [1.29, 1.82) is 0 Å². The first kappa shape index (κ1) is 16.0. The third-order valence-corrected chi connectivity index (χ3v) is 4.64. The average molecular weight is 377 g/mol. The molecule has 2 amide bonds. The first-order valence-corrected chi connectivity index (χ1v) is 8.43. The molecule has 3 nitrogen and oxygen atoms in total. The maximum absolute atomic E-state index is 13.9. The minimum absolute atomic E-state index is 0.0501. The van der Waals surface area contributed by atoms with E-state index in [1.807, 2.05) is 6.92 Å². The fourth-order valence-corrected chi connectivity index (χ4v) is 3.26. The summed E-state index contributed by atoms with van der Waals surface area (Å²) < 4.78 is 14.5. The van der Waals surface area contributed by atoms with Gasteiger partial charge >= 0.3 is 6.03 Å². The molecule has 1 unspecified atom stereocenters. The molecular weight excluding hydrogens is 359 g/mol. The predicted octanol–water partition coefficient (Wildman–Crippen LogP) is 5.27. The van der Waals surface area contributed by atoms with E-state index in [0.717, 1.165) is 18.4 Å². The van der Waals surface area contributed by atoms with Gasteiger partial charge in [0, 0.05) is 11.0 Å². The van der Waals surface area contributed by atoms with E-state index in [4.69, 9.17) is 0 Å². The first-order chi connectivity index (χ1) is 11.0. The number of aryl methyl sites for hydroxylation is 1. The lowest BCUT2D eigenvalue weighted by molar-refractivity contribution is 0.207. The Kier molecular flexibility index (Phi) is 4.66. The molecule has 0 saturated carbocycles. The highest BCUT2D eigenvalue weighted by Gasteiger charge is 2.30. The minimum Gasteiger partial charge on any atom is -0.317 e. The number of carbonyl (C=O) groups is 1. The highest BCUT2D eigenvalue weighted by Crippen LogP contribution is 2.32. The zero-order valence-corrected chi connectivity index (χ0v) is 14.4. The zero-order valence-electron chi connectivity index (χ0n) is 12.9. The van der Waals surface area contributed by atoms with Gasteiger partial charge in [-0.2, -0.15) is 0 Å². The molecule has 1 aliphatic rings. The molecule has 1 fully saturated rings. The topological polar surface area (TPSA) is 32.3 Å². The largest absolute Gasteiger partial charge is 0.322 e. The summed E-state index contributed by atoms with van der Waals surface area (Å²) in [4.78, 5) is 14.3. The van der Waals surface area contributed by atoms with Crippen LogP contribution in [0.15, 0.2) is 46.9 Å². The van der Waals surface area contributed by atoms with Crippen molar-refractivity contribution in [2.75, 3.05) is 11.9 Å². The van der Waals surface area contributed by atoms with Crippen molar-refractivity contribution in [1.82, 2.24) is 4.90 Å². The summed E-state index contributed by atoms with van der Waals surface area (Å²) in [5.41, 5.74) is 2.52. The summed E-state index contributed by atoms with van der Waals surface area (Å²) in [6.45, 7) is 2.72. The van der Waals surface area contributed by atoms with E-state index in [1.54, 1.807) is 17.0 Å². The molecule has 23 heavy (non-hydrogen) atoms. The molecule has 5 heteroatoms. The maximum Gasteiger partial charge on any atom is 0.322 e. The number of urea groups is 1. The Morgan fingerprint density at radius 3 is 2.70 bits per heavy atom. The monoisotopic (exact) mass is 376 g/mol. The van der Waals surface area contributed by atoms with Crippen molar-refractivity contribution in [3.63, 3.8) is 0 Å². The second-order valence-electron chi connectivity index (χ2n) is 5.82. The molecule has 0 spiro atoms. The molecule has 120 valence electrons. The van der Waals surface area contributed by atoms with E-state index >= 15 is 0 Å². The summed E-state index contributed by atoms with van der Waals surface area (Å²) in [5, 5.41) is 2.68. The zero-order chi connectivity index (χ0) is 16.4. The van der Waals surface area contributed by atoms with Crippen LogP contribution in [0.5, 0.6) is 0 Å². The number of hydrogen-bond donors (Lipinski definition) is 1. The second kappa shape index (κ2) is 6.71. The summed E-state index contributed by atoms with van der Waals surface area (Å²) in [6.07, 6.45) is 1.88. The fraction of sp³-hybridized carbons (Fsp3) is 0.278. The van der Waals surface area contributed by atoms with Crippen molar-refractivity contribution in [3.8, 4) is 0 Å². The molecule has 1 saturated heterocycles. The number of amides is 2. The number of rotatable bonds is 2. The summed E-state index contributed by atoms with van der Waals surface area (Å²) in [6, 6.07) is 12.6. The van der Waals surface area contributed by atoms with Crippen molar-refractivity contribution in [3.05, 3.63) is 63.9 Å². The van der Waals surface area contributed by atoms with Gasteiger partial charge in [-0.25, -0.2) is 9.18 Å². The van der Waals surface area contributed by atoms with Crippen LogP contribution in [-0.4, -0.2) is 17.5 Å². The van der Waals surface area contributed by atoms with Gasteiger partial charge < -0.3 is 10.2 Å². The van der Waals surface area contributed by atoms with E-state index in [1.165, 1.54) is 11.6 Å². The van der Waals surface area contributed by atoms with Gasteiger partial charge in [-0.05, 0) is 43.5 Å². The summed E-state index contributed by atoms with van der Waals surface area (Å²) >= 11 is 3.21. The molecule has 2 aromatic rings. The predicted molar refractivity (Wildman–Crippen MR) is 93.0 cm³/mol. The molecule has 3 rings (SSSR count). The molecular formula is C18H18BrFN2O. The Hall–Kier alpha value is -1.88. The number of likely N-dealkylation sites (tertiary alicyclic amines) is 1. The van der Waals surface area contributed by atoms with Crippen molar-refractivity contribution in [2.45, 2.75) is 25.8 Å². The van der Waals surface area contributed by atoms with Crippen LogP contribution in [0, 0.1) is 12.7 Å². The van der Waals surface area contributed by atoms with E-state index < -0.39 is 5.82 Å². The Morgan fingerprint density at radius 2 is 2.00 bits per heavy atom. The smallest absolute Gasteiger partial charge is 0.317 e. The van der Waals surface area contributed by atoms with Gasteiger partial charge in [-0.1, -0.05) is 45.8 Å². The quantitative estimate of drug-likeness (QED) is 0.760. The number of halogens is 2. The normalized spacial score (nSPS) is 17.3. The van der Waals surface area contributed by atoms with Gasteiger partial charge in [0.15, 0.2) is 0 Å². The van der Waals surface area contributed by atoms with Gasteiger partial charge in [0.2, 0.25) is 0 Å². The van der Waals surface area contributed by atoms with Gasteiger partial charge in [0.25, 0.3) is 0 Å². The number of nitrogens with zero attached hydrogens (tertiary/aromatic N) is 1. The number of anilines is 1. The van der Waals surface area contributed by atoms with Crippen LogP contribution < -0.4 is 5.32 Å². The SMILES string of the molecule is Cc1ccc(C2CCCN2C(=O)Nc2ccc(Br)cc2F)cc1. The molecule has 1 heterocycles. The molecule has 1 atom stereocenters. The van der Waals surface area contributed by atoms with Crippen molar-refractivity contribution < 1.29 is 9.18 Å². The van der Waals surface area contributed by atoms with E-state index in [-0.39, 0.29) is 17.8 Å². The van der Waals surface area contributed by atoms with Gasteiger partial charge in [0.05, 0.1) is 11.7 Å². The summed E-state index contributed by atoms with van der Waals surface area (Å²) in [7, 11) is 0. The lowest BCUT2D eigenvalue weighted by atomic mass is 10.0. The lowest BCUT2D eigenvalue weighted by Crippen LogP contribution is -2.34. The molecule has 1 aliphatic heterocycles. The Morgan fingerprint density at radius 1 is 1.26 bits per heavy atom. The molecule has 0 radical (unpaired) electrons. The van der Waals surface area contributed by atoms with E-state index in [2.05, 4.69) is 45.5 Å². The lowest BCUT2D eigenvalue weighted by Gasteiger charge is -2.25. The number of benzene rings is 2. The molecule has 1 N–H and O–H groups in total. The van der Waals surface area contributed by atoms with Crippen LogP contribution >= 0.6 is 15.9 Å². The van der Waals surface area contributed by atoms with Crippen LogP contribution in [0.3, 0.4) is 0 Å². The van der Waals surface area contributed by atoms with E-state index in [9.17, 15) is 9.18 Å². The molecule has 0 aliphatic carbocycles. The third kappa shape index (κ3) is 3.55. The van der Waals surface area contributed by atoms with Crippen LogP contribution in [0.25, 0.3) is 0 Å². The Bertz CT molecular complexity index is 717. The van der Waals surface area contributed by atoms with Gasteiger partial charge in [0.1, 0.15) is 5.82 Å². The fourth-order valence-electron chi connectivity index (χ4n) is 2.92. The van der Waals surface area contributed by atoms with Crippen LogP contribution in [0.1, 0.15) is 30.0 Å². The van der Waals surface area contributed by atoms with Gasteiger partial charge in [-0.15, -0.1) is 0 Å². The molecule has 2 aromatic carbocycles. The Labute approximate surface area is 143 Å². The van der Waals surface area contributed by atoms with Crippen molar-refractivity contribution >= 4 is 27.6 Å². The van der Waals surface area contributed by atoms with Crippen molar-refractivity contribution in [2.24, 2.45) is 0 Å².